The van der Waals surface area contributed by atoms with Gasteiger partial charge in [-0.2, -0.15) is 0 Å². The molecule has 248 valence electrons. The molecule has 0 saturated carbocycles. The maximum atomic E-state index is 6.58. The van der Waals surface area contributed by atoms with Gasteiger partial charge < -0.3 is 9.32 Å². The van der Waals surface area contributed by atoms with E-state index in [4.69, 9.17) is 4.42 Å². The van der Waals surface area contributed by atoms with Crippen LogP contribution < -0.4 is 4.90 Å². The van der Waals surface area contributed by atoms with Crippen molar-refractivity contribution in [3.63, 3.8) is 0 Å². The van der Waals surface area contributed by atoms with E-state index in [0.717, 1.165) is 55.5 Å². The molecule has 0 aliphatic carbocycles. The Morgan fingerprint density at radius 2 is 1.04 bits per heavy atom. The maximum absolute atomic E-state index is 6.58. The van der Waals surface area contributed by atoms with Crippen LogP contribution in [0.5, 0.6) is 0 Å². The third-order valence-electron chi connectivity index (χ3n) is 10.6. The van der Waals surface area contributed by atoms with E-state index in [-0.39, 0.29) is 0 Å². The SMILES string of the molecule is c1cc(-c2cccc3oc4c5ccccc5ccc4c23)cc(N(c2ccc(-c3cccc4ccccc34)cc2)c2ccc3sc4ccccc4c3c2)c1. The van der Waals surface area contributed by atoms with Crippen molar-refractivity contribution in [2.75, 3.05) is 4.90 Å². The Balaban J connectivity index is 1.09. The summed E-state index contributed by atoms with van der Waals surface area (Å²) in [5.74, 6) is 0. The summed E-state index contributed by atoms with van der Waals surface area (Å²) in [5, 5.41) is 9.67. The Bertz CT molecular complexity index is 3180. The number of benzene rings is 9. The molecule has 11 rings (SSSR count). The summed E-state index contributed by atoms with van der Waals surface area (Å²) in [6.07, 6.45) is 0. The molecule has 0 radical (unpaired) electrons. The van der Waals surface area contributed by atoms with E-state index in [9.17, 15) is 0 Å². The first-order valence-electron chi connectivity index (χ1n) is 18.0. The highest BCUT2D eigenvalue weighted by atomic mass is 32.1. The van der Waals surface area contributed by atoms with Gasteiger partial charge in [0.05, 0.1) is 0 Å². The predicted octanol–water partition coefficient (Wildman–Crippen LogP) is 15.1. The largest absolute Gasteiger partial charge is 0.455 e. The van der Waals surface area contributed by atoms with Gasteiger partial charge in [0, 0.05) is 53.4 Å². The fraction of sp³-hybridized carbons (Fsp3) is 0. The summed E-state index contributed by atoms with van der Waals surface area (Å²) in [6, 6.07) is 68.0. The summed E-state index contributed by atoms with van der Waals surface area (Å²) in [5.41, 5.74) is 9.88. The van der Waals surface area contributed by atoms with Gasteiger partial charge >= 0.3 is 0 Å². The summed E-state index contributed by atoms with van der Waals surface area (Å²) in [6.45, 7) is 0. The first-order valence-corrected chi connectivity index (χ1v) is 18.8. The number of anilines is 3. The Morgan fingerprint density at radius 3 is 1.92 bits per heavy atom. The van der Waals surface area contributed by atoms with Crippen LogP contribution in [0.15, 0.2) is 192 Å². The normalized spacial score (nSPS) is 11.8. The molecule has 0 atom stereocenters. The van der Waals surface area contributed by atoms with E-state index in [0.29, 0.717) is 0 Å². The van der Waals surface area contributed by atoms with E-state index in [1.54, 1.807) is 0 Å². The highest BCUT2D eigenvalue weighted by Gasteiger charge is 2.19. The van der Waals surface area contributed by atoms with Gasteiger partial charge in [0.2, 0.25) is 0 Å². The lowest BCUT2D eigenvalue weighted by molar-refractivity contribution is 0.673. The number of rotatable bonds is 5. The zero-order valence-electron chi connectivity index (χ0n) is 28.7. The van der Waals surface area contributed by atoms with Crippen LogP contribution in [0.25, 0.3) is 85.9 Å². The van der Waals surface area contributed by atoms with Crippen LogP contribution in [0.3, 0.4) is 0 Å². The van der Waals surface area contributed by atoms with E-state index < -0.39 is 0 Å². The average molecular weight is 694 g/mol. The highest BCUT2D eigenvalue weighted by molar-refractivity contribution is 7.25. The number of hydrogen-bond acceptors (Lipinski definition) is 3. The molecule has 0 bridgehead atoms. The molecule has 0 fully saturated rings. The van der Waals surface area contributed by atoms with Crippen molar-refractivity contribution in [3.05, 3.63) is 188 Å². The molecule has 0 amide bonds. The second kappa shape index (κ2) is 11.9. The van der Waals surface area contributed by atoms with Crippen molar-refractivity contribution in [2.24, 2.45) is 0 Å². The van der Waals surface area contributed by atoms with E-state index in [2.05, 4.69) is 193 Å². The minimum atomic E-state index is 0.898. The molecule has 3 heteroatoms. The van der Waals surface area contributed by atoms with Gasteiger partial charge in [-0.25, -0.2) is 0 Å². The molecule has 2 aromatic heterocycles. The Morgan fingerprint density at radius 1 is 0.377 bits per heavy atom. The summed E-state index contributed by atoms with van der Waals surface area (Å²) in [4.78, 5) is 2.39. The molecule has 2 nitrogen and oxygen atoms in total. The quantitative estimate of drug-likeness (QED) is 0.178. The monoisotopic (exact) mass is 693 g/mol. The number of thiophene rings is 1. The summed E-state index contributed by atoms with van der Waals surface area (Å²) >= 11 is 1.85. The molecular formula is C50H31NOS. The minimum absolute atomic E-state index is 0.898. The lowest BCUT2D eigenvalue weighted by Crippen LogP contribution is -2.10. The first kappa shape index (κ1) is 30.0. The van der Waals surface area contributed by atoms with Crippen LogP contribution in [0.1, 0.15) is 0 Å². The fourth-order valence-electron chi connectivity index (χ4n) is 8.17. The molecule has 0 saturated heterocycles. The van der Waals surface area contributed by atoms with Crippen molar-refractivity contribution in [1.82, 2.24) is 0 Å². The zero-order chi connectivity index (χ0) is 34.9. The van der Waals surface area contributed by atoms with Crippen molar-refractivity contribution < 1.29 is 4.42 Å². The topological polar surface area (TPSA) is 16.4 Å². The van der Waals surface area contributed by atoms with Gasteiger partial charge in [0.1, 0.15) is 11.2 Å². The zero-order valence-corrected chi connectivity index (χ0v) is 29.5. The Hall–Kier alpha value is -6.68. The minimum Gasteiger partial charge on any atom is -0.455 e. The van der Waals surface area contributed by atoms with Crippen molar-refractivity contribution in [3.8, 4) is 22.3 Å². The average Bonchev–Trinajstić information content (AvgIpc) is 3.80. The first-order chi connectivity index (χ1) is 26.3. The van der Waals surface area contributed by atoms with E-state index >= 15 is 0 Å². The van der Waals surface area contributed by atoms with Gasteiger partial charge in [-0.1, -0.05) is 127 Å². The van der Waals surface area contributed by atoms with Gasteiger partial charge in [0.15, 0.2) is 0 Å². The molecule has 0 unspecified atom stereocenters. The van der Waals surface area contributed by atoms with E-state index in [1.165, 1.54) is 47.5 Å². The number of furan rings is 1. The molecule has 0 N–H and O–H groups in total. The Kier molecular flexibility index (Phi) is 6.76. The van der Waals surface area contributed by atoms with Crippen LogP contribution in [0, 0.1) is 0 Å². The third-order valence-corrected chi connectivity index (χ3v) is 11.8. The Labute approximate surface area is 310 Å². The standard InChI is InChI=1S/C50H31NOS/c1-3-15-39-32(10-1)12-8-18-40(39)34-22-25-36(26-23-34)51(38-27-29-48-45(31-38)43-17-5-6-21-47(43)53-48)37-14-7-13-35(30-37)41-19-9-20-46-49(41)44-28-24-33-11-2-4-16-42(33)50(44)52-46/h1-31H. The molecule has 0 aliphatic rings. The molecule has 9 aromatic carbocycles. The summed E-state index contributed by atoms with van der Waals surface area (Å²) < 4.78 is 9.18. The molecule has 0 aliphatic heterocycles. The van der Waals surface area contributed by atoms with Crippen LogP contribution in [0.2, 0.25) is 0 Å². The third kappa shape index (κ3) is 4.86. The van der Waals surface area contributed by atoms with Crippen LogP contribution >= 0.6 is 11.3 Å². The smallest absolute Gasteiger partial charge is 0.143 e. The maximum Gasteiger partial charge on any atom is 0.143 e. The lowest BCUT2D eigenvalue weighted by Gasteiger charge is -2.26. The second-order valence-corrected chi connectivity index (χ2v) is 14.8. The van der Waals surface area contributed by atoms with Gasteiger partial charge in [0.25, 0.3) is 0 Å². The lowest BCUT2D eigenvalue weighted by atomic mass is 9.97. The van der Waals surface area contributed by atoms with Gasteiger partial charge in [-0.3, -0.25) is 0 Å². The number of nitrogens with zero attached hydrogens (tertiary/aromatic N) is 1. The van der Waals surface area contributed by atoms with Crippen LogP contribution in [-0.4, -0.2) is 0 Å². The molecule has 2 heterocycles. The van der Waals surface area contributed by atoms with Crippen molar-refractivity contribution in [2.45, 2.75) is 0 Å². The van der Waals surface area contributed by atoms with Crippen LogP contribution in [-0.2, 0) is 0 Å². The molecule has 0 spiro atoms. The highest BCUT2D eigenvalue weighted by Crippen LogP contribution is 2.44. The van der Waals surface area contributed by atoms with Gasteiger partial charge in [-0.15, -0.1) is 11.3 Å². The predicted molar refractivity (Wildman–Crippen MR) is 227 cm³/mol. The summed E-state index contributed by atoms with van der Waals surface area (Å²) in [7, 11) is 0. The molecular weight excluding hydrogens is 663 g/mol. The number of hydrogen-bond donors (Lipinski definition) is 0. The molecule has 53 heavy (non-hydrogen) atoms. The van der Waals surface area contributed by atoms with Crippen LogP contribution in [0.4, 0.5) is 17.1 Å². The van der Waals surface area contributed by atoms with Crippen molar-refractivity contribution in [1.29, 1.82) is 0 Å². The second-order valence-electron chi connectivity index (χ2n) is 13.7. The number of fused-ring (bicyclic) bond motifs is 9. The van der Waals surface area contributed by atoms with E-state index in [1.807, 2.05) is 11.3 Å². The molecule has 11 aromatic rings. The van der Waals surface area contributed by atoms with Gasteiger partial charge in [-0.05, 0) is 99.1 Å². The fourth-order valence-corrected chi connectivity index (χ4v) is 9.26. The van der Waals surface area contributed by atoms with Crippen molar-refractivity contribution >= 4 is 92.1 Å².